The van der Waals surface area contributed by atoms with Gasteiger partial charge in [0.15, 0.2) is 23.6 Å². The van der Waals surface area contributed by atoms with Crippen LogP contribution in [-0.2, 0) is 14.3 Å². The van der Waals surface area contributed by atoms with Crippen molar-refractivity contribution in [3.05, 3.63) is 59.0 Å². The number of halogens is 3. The Hall–Kier alpha value is -3.39. The summed E-state index contributed by atoms with van der Waals surface area (Å²) >= 11 is 1.50. The van der Waals surface area contributed by atoms with Crippen molar-refractivity contribution in [1.29, 1.82) is 0 Å². The Bertz CT molecular complexity index is 1440. The maximum absolute atomic E-state index is 13.7. The maximum atomic E-state index is 13.7. The monoisotopic (exact) mass is 533 g/mol. The van der Waals surface area contributed by atoms with Crippen molar-refractivity contribution in [1.82, 2.24) is 20.0 Å². The minimum atomic E-state index is -1.58. The molecule has 4 unspecified atom stereocenters. The van der Waals surface area contributed by atoms with Crippen LogP contribution in [0.1, 0.15) is 17.5 Å². The van der Waals surface area contributed by atoms with Gasteiger partial charge in [-0.25, -0.2) is 22.8 Å². The number of nitrogens with zero attached hydrogens (tertiary/aromatic N) is 4. The summed E-state index contributed by atoms with van der Waals surface area (Å²) in [5.74, 6) is -4.77. The molecule has 1 aliphatic heterocycles. The number of anilines is 1. The Morgan fingerprint density at radius 3 is 2.73 bits per heavy atom. The highest BCUT2D eigenvalue weighted by atomic mass is 32.1. The Kier molecular flexibility index (Phi) is 6.94. The Labute approximate surface area is 212 Å². The number of aliphatic hydroxyl groups excluding tert-OH is 1. The van der Waals surface area contributed by atoms with Crippen LogP contribution in [0.5, 0.6) is 0 Å². The van der Waals surface area contributed by atoms with E-state index in [1.807, 2.05) is 13.0 Å². The largest absolute Gasteiger partial charge is 0.394 e. The first-order chi connectivity index (χ1) is 17.8. The summed E-state index contributed by atoms with van der Waals surface area (Å²) in [5, 5.41) is 21.6. The molecule has 4 atom stereocenters. The number of benzene rings is 2. The van der Waals surface area contributed by atoms with Crippen molar-refractivity contribution in [2.75, 3.05) is 19.0 Å². The minimum absolute atomic E-state index is 0.00891. The number of carbonyl (C=O) groups is 1. The van der Waals surface area contributed by atoms with Crippen LogP contribution in [0.3, 0.4) is 0 Å². The van der Waals surface area contributed by atoms with Gasteiger partial charge in [-0.1, -0.05) is 5.21 Å². The van der Waals surface area contributed by atoms with E-state index in [2.05, 4.69) is 20.6 Å². The molecule has 4 aromatic rings. The highest BCUT2D eigenvalue weighted by Gasteiger charge is 2.44. The van der Waals surface area contributed by atoms with Gasteiger partial charge in [0.25, 0.3) is 5.91 Å². The number of carbonyl (C=O) groups excluding carboxylic acids is 1. The van der Waals surface area contributed by atoms with Crippen molar-refractivity contribution in [2.45, 2.75) is 37.7 Å². The average molecular weight is 534 g/mol. The summed E-state index contributed by atoms with van der Waals surface area (Å²) in [6, 6.07) is 6.37. The summed E-state index contributed by atoms with van der Waals surface area (Å²) in [4.78, 5) is 17.7. The Balaban J connectivity index is 1.41. The van der Waals surface area contributed by atoms with Crippen molar-refractivity contribution in [3.63, 3.8) is 0 Å². The van der Waals surface area contributed by atoms with Crippen LogP contribution in [0.15, 0.2) is 36.5 Å². The van der Waals surface area contributed by atoms with Crippen LogP contribution in [0.25, 0.3) is 21.5 Å². The van der Waals surface area contributed by atoms with Crippen LogP contribution in [0.2, 0.25) is 0 Å². The molecule has 2 aromatic carbocycles. The molecule has 1 fully saturated rings. The zero-order valence-electron chi connectivity index (χ0n) is 19.7. The fraction of sp³-hybridized carbons (Fsp3) is 0.333. The number of amides is 1. The first kappa shape index (κ1) is 25.3. The van der Waals surface area contributed by atoms with Gasteiger partial charge in [-0.3, -0.25) is 4.79 Å². The number of aliphatic hydroxyl groups is 1. The highest BCUT2D eigenvalue weighted by molar-refractivity contribution is 7.18. The van der Waals surface area contributed by atoms with Gasteiger partial charge < -0.3 is 19.9 Å². The fourth-order valence-electron chi connectivity index (χ4n) is 4.42. The average Bonchev–Trinajstić information content (AvgIpc) is 3.52. The molecule has 3 heterocycles. The van der Waals surface area contributed by atoms with Crippen molar-refractivity contribution >= 4 is 33.1 Å². The van der Waals surface area contributed by atoms with E-state index < -0.39 is 47.7 Å². The summed E-state index contributed by atoms with van der Waals surface area (Å²) in [6.07, 6.45) is -1.04. The van der Waals surface area contributed by atoms with E-state index in [9.17, 15) is 23.1 Å². The number of hydrogen-bond donors (Lipinski definition) is 2. The molecule has 194 valence electrons. The lowest BCUT2D eigenvalue weighted by Crippen LogP contribution is -2.53. The summed E-state index contributed by atoms with van der Waals surface area (Å²) in [7, 11) is 1.41. The summed E-state index contributed by atoms with van der Waals surface area (Å²) in [5.41, 5.74) is 1.46. The van der Waals surface area contributed by atoms with Gasteiger partial charge in [0.1, 0.15) is 11.8 Å². The topological polar surface area (TPSA) is 111 Å². The predicted octanol–water partition coefficient (Wildman–Crippen LogP) is 3.63. The van der Waals surface area contributed by atoms with Gasteiger partial charge in [-0.15, -0.1) is 16.4 Å². The summed E-state index contributed by atoms with van der Waals surface area (Å²) < 4.78 is 54.6. The number of fused-ring (bicyclic) bond motifs is 1. The molecular weight excluding hydrogens is 511 g/mol. The van der Waals surface area contributed by atoms with Crippen LogP contribution >= 0.6 is 11.3 Å². The molecule has 1 aliphatic rings. The number of thiazole rings is 1. The van der Waals surface area contributed by atoms with E-state index in [0.717, 1.165) is 27.4 Å². The Morgan fingerprint density at radius 1 is 1.27 bits per heavy atom. The van der Waals surface area contributed by atoms with Crippen molar-refractivity contribution < 1.29 is 32.5 Å². The third kappa shape index (κ3) is 4.94. The number of aromatic nitrogens is 4. The first-order valence-corrected chi connectivity index (χ1v) is 12.1. The molecular formula is C24H22F3N5O4S. The molecule has 37 heavy (non-hydrogen) atoms. The van der Waals surface area contributed by atoms with Crippen LogP contribution < -0.4 is 5.32 Å². The zero-order chi connectivity index (χ0) is 26.3. The lowest BCUT2D eigenvalue weighted by atomic mass is 9.94. The van der Waals surface area contributed by atoms with Crippen molar-refractivity contribution in [2.24, 2.45) is 0 Å². The standard InChI is InChI=1S/C24H22F3N5O4S/c1-11-28-17-4-3-13(7-20(17)37-11)29-24(34)23-22(35-2)19(8-14(10-33)36-23)32-9-18(30-31-32)12-5-15(25)21(27)16(26)6-12/h3-7,9,14,19,22-23,33H,8,10H2,1-2H3,(H,29,34). The fourth-order valence-corrected chi connectivity index (χ4v) is 5.29. The third-order valence-electron chi connectivity index (χ3n) is 6.15. The summed E-state index contributed by atoms with van der Waals surface area (Å²) in [6.45, 7) is 1.54. The molecule has 0 spiro atoms. The van der Waals surface area contributed by atoms with Gasteiger partial charge in [0.2, 0.25) is 0 Å². The van der Waals surface area contributed by atoms with E-state index in [4.69, 9.17) is 9.47 Å². The maximum Gasteiger partial charge on any atom is 0.256 e. The van der Waals surface area contributed by atoms with Gasteiger partial charge in [0.05, 0.1) is 40.2 Å². The molecule has 5 rings (SSSR count). The van der Waals surface area contributed by atoms with Gasteiger partial charge >= 0.3 is 0 Å². The third-order valence-corrected chi connectivity index (χ3v) is 7.08. The lowest BCUT2D eigenvalue weighted by molar-refractivity contribution is -0.173. The molecule has 0 aliphatic carbocycles. The number of hydrogen-bond acceptors (Lipinski definition) is 8. The van der Waals surface area contributed by atoms with E-state index in [1.54, 1.807) is 12.1 Å². The Morgan fingerprint density at radius 2 is 2.03 bits per heavy atom. The molecule has 2 aromatic heterocycles. The molecule has 0 saturated carbocycles. The van der Waals surface area contributed by atoms with Gasteiger partial charge in [0, 0.05) is 24.8 Å². The predicted molar refractivity (Wildman–Crippen MR) is 129 cm³/mol. The zero-order valence-corrected chi connectivity index (χ0v) is 20.5. The number of rotatable bonds is 6. The number of aryl methyl sites for hydroxylation is 1. The van der Waals surface area contributed by atoms with Crippen molar-refractivity contribution in [3.8, 4) is 11.3 Å². The molecule has 9 nitrogen and oxygen atoms in total. The normalized spacial score (nSPS) is 21.9. The van der Waals surface area contributed by atoms with E-state index in [0.29, 0.717) is 5.69 Å². The first-order valence-electron chi connectivity index (χ1n) is 11.3. The minimum Gasteiger partial charge on any atom is -0.394 e. The molecule has 0 bridgehead atoms. The van der Waals surface area contributed by atoms with Crippen LogP contribution in [0.4, 0.5) is 18.9 Å². The van der Waals surface area contributed by atoms with E-state index in [-0.39, 0.29) is 24.3 Å². The molecule has 2 N–H and O–H groups in total. The smallest absolute Gasteiger partial charge is 0.256 e. The molecule has 0 radical (unpaired) electrons. The molecule has 1 amide bonds. The lowest BCUT2D eigenvalue weighted by Gasteiger charge is -2.39. The second-order valence-electron chi connectivity index (χ2n) is 8.61. The van der Waals surface area contributed by atoms with Gasteiger partial charge in [-0.2, -0.15) is 0 Å². The molecule has 13 heteroatoms. The van der Waals surface area contributed by atoms with Crippen LogP contribution in [0, 0.1) is 24.4 Å². The van der Waals surface area contributed by atoms with Crippen LogP contribution in [-0.4, -0.2) is 63.0 Å². The number of methoxy groups -OCH3 is 1. The number of nitrogens with one attached hydrogen (secondary N) is 1. The second-order valence-corrected chi connectivity index (χ2v) is 9.84. The quantitative estimate of drug-likeness (QED) is 0.364. The highest BCUT2D eigenvalue weighted by Crippen LogP contribution is 2.33. The second kappa shape index (κ2) is 10.2. The molecule has 1 saturated heterocycles. The van der Waals surface area contributed by atoms with E-state index in [1.165, 1.54) is 29.3 Å². The number of ether oxygens (including phenoxy) is 2. The van der Waals surface area contributed by atoms with E-state index >= 15 is 0 Å². The SMILES string of the molecule is COC1C(C(=O)Nc2ccc3nc(C)sc3c2)OC(CO)CC1n1cc(-c2cc(F)c(F)c(F)c2)nn1. The van der Waals surface area contributed by atoms with Gasteiger partial charge in [-0.05, 0) is 37.3 Å².